The molecular weight excluding hydrogens is 384 g/mol. The number of carbonyl (C=O) groups excluding carboxylic acids is 3. The van der Waals surface area contributed by atoms with Crippen molar-refractivity contribution in [3.63, 3.8) is 0 Å². The second-order valence-corrected chi connectivity index (χ2v) is 7.41. The van der Waals surface area contributed by atoms with Crippen LogP contribution in [0.4, 0.5) is 4.79 Å². The van der Waals surface area contributed by atoms with Crippen molar-refractivity contribution in [3.05, 3.63) is 29.8 Å². The number of hydrogen-bond donors (Lipinski definition) is 3. The number of amides is 4. The van der Waals surface area contributed by atoms with E-state index in [9.17, 15) is 14.4 Å². The second kappa shape index (κ2) is 8.36. The van der Waals surface area contributed by atoms with Crippen molar-refractivity contribution in [2.45, 2.75) is 43.7 Å². The fourth-order valence-electron chi connectivity index (χ4n) is 3.87. The molecule has 1 aliphatic heterocycles. The normalized spacial score (nSPS) is 23.2. The zero-order valence-corrected chi connectivity index (χ0v) is 16.9. The van der Waals surface area contributed by atoms with Gasteiger partial charge in [0.2, 0.25) is 5.91 Å². The van der Waals surface area contributed by atoms with Crippen LogP contribution in [0.2, 0.25) is 0 Å². The van der Waals surface area contributed by atoms with Gasteiger partial charge in [-0.25, -0.2) is 4.79 Å². The Kier molecular flexibility index (Phi) is 6.56. The number of halogens is 1. The van der Waals surface area contributed by atoms with Gasteiger partial charge < -0.3 is 21.1 Å². The van der Waals surface area contributed by atoms with Crippen LogP contribution in [0.25, 0.3) is 0 Å². The Morgan fingerprint density at radius 3 is 2.39 bits per heavy atom. The maximum absolute atomic E-state index is 12.9. The Morgan fingerprint density at radius 2 is 1.86 bits per heavy atom. The molecule has 1 unspecified atom stereocenters. The Balaban J connectivity index is 0.00000280. The van der Waals surface area contributed by atoms with Gasteiger partial charge in [0.05, 0.1) is 12.6 Å². The monoisotopic (exact) mass is 410 g/mol. The lowest BCUT2D eigenvalue weighted by Gasteiger charge is -2.29. The van der Waals surface area contributed by atoms with E-state index in [2.05, 4.69) is 10.6 Å². The number of methoxy groups -OCH3 is 1. The van der Waals surface area contributed by atoms with Crippen molar-refractivity contribution >= 4 is 30.3 Å². The van der Waals surface area contributed by atoms with E-state index in [0.29, 0.717) is 17.9 Å². The summed E-state index contributed by atoms with van der Waals surface area (Å²) in [5.41, 5.74) is 4.82. The minimum Gasteiger partial charge on any atom is -0.497 e. The molecule has 1 heterocycles. The summed E-state index contributed by atoms with van der Waals surface area (Å²) in [6, 6.07) is 6.31. The Hall–Kier alpha value is -2.32. The van der Waals surface area contributed by atoms with Crippen molar-refractivity contribution in [3.8, 4) is 5.75 Å². The van der Waals surface area contributed by atoms with E-state index in [0.717, 1.165) is 30.6 Å². The number of carbonyl (C=O) groups is 3. The largest absolute Gasteiger partial charge is 0.497 e. The van der Waals surface area contributed by atoms with Crippen LogP contribution >= 0.6 is 12.4 Å². The smallest absolute Gasteiger partial charge is 0.325 e. The standard InChI is InChI=1S/C19H26N4O4.ClH/c1-18(13-5-7-14(27-2)8-6-13)16(25)23(17(26)22-18)11-15(24)21-19(12-20)9-3-4-10-19;/h5-8H,3-4,9-12,20H2,1-2H3,(H,21,24)(H,22,26);1H. The summed E-state index contributed by atoms with van der Waals surface area (Å²) in [5.74, 6) is -0.176. The van der Waals surface area contributed by atoms with Gasteiger partial charge in [0.1, 0.15) is 17.8 Å². The topological polar surface area (TPSA) is 114 Å². The van der Waals surface area contributed by atoms with Crippen LogP contribution in [0.5, 0.6) is 5.75 Å². The zero-order valence-electron chi connectivity index (χ0n) is 16.1. The van der Waals surface area contributed by atoms with Crippen LogP contribution in [0.3, 0.4) is 0 Å². The molecule has 1 aromatic carbocycles. The summed E-state index contributed by atoms with van der Waals surface area (Å²) < 4.78 is 5.12. The maximum Gasteiger partial charge on any atom is 0.325 e. The van der Waals surface area contributed by atoms with E-state index < -0.39 is 23.0 Å². The Labute approximate surface area is 170 Å². The number of nitrogens with zero attached hydrogens (tertiary/aromatic N) is 1. The molecule has 2 aliphatic rings. The molecule has 154 valence electrons. The molecule has 1 atom stereocenters. The lowest BCUT2D eigenvalue weighted by molar-refractivity contribution is -0.135. The third-order valence-corrected chi connectivity index (χ3v) is 5.60. The van der Waals surface area contributed by atoms with Gasteiger partial charge in [-0.3, -0.25) is 14.5 Å². The summed E-state index contributed by atoms with van der Waals surface area (Å²) >= 11 is 0. The first-order valence-electron chi connectivity index (χ1n) is 9.13. The molecule has 28 heavy (non-hydrogen) atoms. The summed E-state index contributed by atoms with van der Waals surface area (Å²) in [4.78, 5) is 38.7. The van der Waals surface area contributed by atoms with Crippen molar-refractivity contribution in [1.82, 2.24) is 15.5 Å². The van der Waals surface area contributed by atoms with Gasteiger partial charge in [0, 0.05) is 6.54 Å². The fraction of sp³-hybridized carbons (Fsp3) is 0.526. The summed E-state index contributed by atoms with van der Waals surface area (Å²) in [6.07, 6.45) is 3.66. The van der Waals surface area contributed by atoms with E-state index in [-0.39, 0.29) is 24.9 Å². The molecule has 0 bridgehead atoms. The van der Waals surface area contributed by atoms with Crippen molar-refractivity contribution in [2.24, 2.45) is 5.73 Å². The molecule has 1 aliphatic carbocycles. The minimum atomic E-state index is -1.22. The highest BCUT2D eigenvalue weighted by molar-refractivity contribution is 6.09. The molecule has 3 rings (SSSR count). The summed E-state index contributed by atoms with van der Waals surface area (Å²) in [7, 11) is 1.55. The van der Waals surface area contributed by atoms with E-state index in [4.69, 9.17) is 10.5 Å². The minimum absolute atomic E-state index is 0. The molecule has 1 saturated heterocycles. The van der Waals surface area contributed by atoms with E-state index >= 15 is 0 Å². The summed E-state index contributed by atoms with van der Waals surface area (Å²) in [5, 5.41) is 5.64. The van der Waals surface area contributed by atoms with Crippen molar-refractivity contribution < 1.29 is 19.1 Å². The van der Waals surface area contributed by atoms with Crippen LogP contribution in [-0.2, 0) is 15.1 Å². The van der Waals surface area contributed by atoms with Gasteiger partial charge >= 0.3 is 6.03 Å². The Bertz CT molecular complexity index is 749. The summed E-state index contributed by atoms with van der Waals surface area (Å²) in [6.45, 7) is 1.66. The predicted octanol–water partition coefficient (Wildman–Crippen LogP) is 1.27. The highest BCUT2D eigenvalue weighted by atomic mass is 35.5. The molecule has 0 spiro atoms. The van der Waals surface area contributed by atoms with Crippen molar-refractivity contribution in [2.75, 3.05) is 20.2 Å². The first kappa shape index (κ1) is 22.0. The highest BCUT2D eigenvalue weighted by Gasteiger charge is 2.49. The van der Waals surface area contributed by atoms with E-state index in [1.54, 1.807) is 38.3 Å². The molecule has 9 heteroatoms. The molecule has 8 nitrogen and oxygen atoms in total. The number of ether oxygens (including phenoxy) is 1. The molecule has 0 radical (unpaired) electrons. The van der Waals surface area contributed by atoms with Gasteiger partial charge in [-0.2, -0.15) is 0 Å². The third kappa shape index (κ3) is 3.93. The number of nitrogens with one attached hydrogen (secondary N) is 2. The SMILES string of the molecule is COc1ccc(C2(C)NC(=O)N(CC(=O)NC3(CN)CCCC3)C2=O)cc1.Cl. The highest BCUT2D eigenvalue weighted by Crippen LogP contribution is 2.31. The predicted molar refractivity (Wildman–Crippen MR) is 106 cm³/mol. The quantitative estimate of drug-likeness (QED) is 0.611. The first-order valence-corrected chi connectivity index (χ1v) is 9.13. The van der Waals surface area contributed by atoms with Gasteiger partial charge in [0.15, 0.2) is 0 Å². The molecule has 0 aromatic heterocycles. The van der Waals surface area contributed by atoms with E-state index in [1.165, 1.54) is 0 Å². The molecule has 4 amide bonds. The zero-order chi connectivity index (χ0) is 19.7. The fourth-order valence-corrected chi connectivity index (χ4v) is 3.87. The third-order valence-electron chi connectivity index (χ3n) is 5.60. The van der Waals surface area contributed by atoms with Crippen molar-refractivity contribution in [1.29, 1.82) is 0 Å². The average Bonchev–Trinajstić information content (AvgIpc) is 3.21. The average molecular weight is 411 g/mol. The van der Waals surface area contributed by atoms with Gasteiger partial charge in [-0.1, -0.05) is 25.0 Å². The van der Waals surface area contributed by atoms with Crippen LogP contribution in [0.15, 0.2) is 24.3 Å². The molecule has 2 fully saturated rings. The number of rotatable bonds is 6. The van der Waals surface area contributed by atoms with Gasteiger partial charge in [-0.05, 0) is 37.5 Å². The second-order valence-electron chi connectivity index (χ2n) is 7.41. The van der Waals surface area contributed by atoms with Gasteiger partial charge in [0.25, 0.3) is 5.91 Å². The van der Waals surface area contributed by atoms with Crippen LogP contribution in [0.1, 0.15) is 38.2 Å². The number of imide groups is 1. The molecule has 1 aromatic rings. The number of hydrogen-bond acceptors (Lipinski definition) is 5. The van der Waals surface area contributed by atoms with E-state index in [1.807, 2.05) is 0 Å². The van der Waals surface area contributed by atoms with Gasteiger partial charge in [-0.15, -0.1) is 12.4 Å². The van der Waals surface area contributed by atoms with Crippen LogP contribution < -0.4 is 21.1 Å². The lowest BCUT2D eigenvalue weighted by atomic mass is 9.92. The first-order chi connectivity index (χ1) is 12.8. The molecular formula is C19H27ClN4O4. The molecule has 4 N–H and O–H groups in total. The number of nitrogens with two attached hydrogens (primary N) is 1. The number of benzene rings is 1. The molecule has 1 saturated carbocycles. The van der Waals surface area contributed by atoms with Crippen LogP contribution in [0, 0.1) is 0 Å². The number of urea groups is 1. The Morgan fingerprint density at radius 1 is 1.25 bits per heavy atom. The van der Waals surface area contributed by atoms with Crippen LogP contribution in [-0.4, -0.2) is 48.5 Å². The maximum atomic E-state index is 12.9. The lowest BCUT2D eigenvalue weighted by Crippen LogP contribution is -2.54.